The number of para-hydroxylation sites is 1. The van der Waals surface area contributed by atoms with Crippen LogP contribution in [-0.2, 0) is 11.2 Å². The van der Waals surface area contributed by atoms with Gasteiger partial charge in [-0.2, -0.15) is 0 Å². The molecule has 1 aromatic heterocycles. The maximum atomic E-state index is 12.4. The minimum Gasteiger partial charge on any atom is -0.397 e. The fourth-order valence-electron chi connectivity index (χ4n) is 2.71. The summed E-state index contributed by atoms with van der Waals surface area (Å²) < 4.78 is 0. The normalized spacial score (nSPS) is 13.6. The number of carbonyl (C=O) groups excluding carboxylic acids is 1. The first-order chi connectivity index (χ1) is 11.1. The van der Waals surface area contributed by atoms with Crippen LogP contribution in [0, 0.1) is 0 Å². The minimum absolute atomic E-state index is 0. The van der Waals surface area contributed by atoms with Crippen molar-refractivity contribution in [2.45, 2.75) is 6.42 Å². The van der Waals surface area contributed by atoms with Crippen LogP contribution in [0.25, 0.3) is 0 Å². The molecule has 5 nitrogen and oxygen atoms in total. The summed E-state index contributed by atoms with van der Waals surface area (Å²) in [5, 5.41) is 0.748. The van der Waals surface area contributed by atoms with Crippen molar-refractivity contribution in [3.63, 3.8) is 0 Å². The molecular formula is C17H21Cl3N4O. The van der Waals surface area contributed by atoms with Gasteiger partial charge in [0.25, 0.3) is 0 Å². The van der Waals surface area contributed by atoms with Crippen LogP contribution in [-0.4, -0.2) is 42.0 Å². The van der Waals surface area contributed by atoms with Crippen LogP contribution in [0.4, 0.5) is 11.4 Å². The molecule has 1 fully saturated rings. The van der Waals surface area contributed by atoms with Crippen LogP contribution in [0.2, 0.25) is 5.02 Å². The highest BCUT2D eigenvalue weighted by atomic mass is 35.5. The zero-order valence-electron chi connectivity index (χ0n) is 13.6. The monoisotopic (exact) mass is 402 g/mol. The lowest BCUT2D eigenvalue weighted by Gasteiger charge is -2.36. The maximum Gasteiger partial charge on any atom is 0.228 e. The van der Waals surface area contributed by atoms with E-state index >= 15 is 0 Å². The number of halogens is 3. The molecule has 25 heavy (non-hydrogen) atoms. The molecule has 0 atom stereocenters. The second-order valence-corrected chi connectivity index (χ2v) is 5.99. The quantitative estimate of drug-likeness (QED) is 0.855. The minimum atomic E-state index is 0. The standard InChI is InChI=1S/C17H19ClN4O.2ClH/c18-15-3-1-2-4-16(15)21-7-9-22(10-8-21)17(23)11-14-6-5-13(19)12-20-14;;/h1-6,12H,7-11,19H2;2*1H. The fourth-order valence-corrected chi connectivity index (χ4v) is 2.97. The smallest absolute Gasteiger partial charge is 0.228 e. The molecule has 0 saturated carbocycles. The van der Waals surface area contributed by atoms with Crippen LogP contribution in [0.1, 0.15) is 5.69 Å². The zero-order chi connectivity index (χ0) is 16.2. The van der Waals surface area contributed by atoms with Crippen molar-refractivity contribution < 1.29 is 4.79 Å². The summed E-state index contributed by atoms with van der Waals surface area (Å²) in [5.74, 6) is 0.0982. The Kier molecular flexibility index (Phi) is 8.29. The van der Waals surface area contributed by atoms with E-state index in [0.717, 1.165) is 29.5 Å². The number of nitrogens with two attached hydrogens (primary N) is 1. The SMILES string of the molecule is Cl.Cl.Nc1ccc(CC(=O)N2CCN(c3ccccc3Cl)CC2)nc1. The molecule has 136 valence electrons. The van der Waals surface area contributed by atoms with Gasteiger partial charge in [0.15, 0.2) is 0 Å². The number of anilines is 2. The number of carbonyl (C=O) groups is 1. The lowest BCUT2D eigenvalue weighted by molar-refractivity contribution is -0.130. The molecule has 1 aromatic carbocycles. The van der Waals surface area contributed by atoms with Crippen molar-refractivity contribution in [2.75, 3.05) is 36.8 Å². The largest absolute Gasteiger partial charge is 0.397 e. The number of benzene rings is 1. The molecule has 2 aromatic rings. The molecule has 1 amide bonds. The van der Waals surface area contributed by atoms with Crippen molar-refractivity contribution in [1.29, 1.82) is 0 Å². The van der Waals surface area contributed by atoms with Crippen LogP contribution in [0.15, 0.2) is 42.6 Å². The van der Waals surface area contributed by atoms with Gasteiger partial charge in [0, 0.05) is 31.9 Å². The molecule has 3 rings (SSSR count). The van der Waals surface area contributed by atoms with E-state index in [2.05, 4.69) is 9.88 Å². The van der Waals surface area contributed by atoms with E-state index in [0.29, 0.717) is 25.2 Å². The van der Waals surface area contributed by atoms with E-state index in [1.165, 1.54) is 0 Å². The van der Waals surface area contributed by atoms with E-state index < -0.39 is 0 Å². The fraction of sp³-hybridized carbons (Fsp3) is 0.294. The van der Waals surface area contributed by atoms with E-state index in [1.807, 2.05) is 29.2 Å². The summed E-state index contributed by atoms with van der Waals surface area (Å²) in [6.45, 7) is 2.95. The molecule has 0 spiro atoms. The summed E-state index contributed by atoms with van der Waals surface area (Å²) in [4.78, 5) is 20.7. The average Bonchev–Trinajstić information content (AvgIpc) is 2.57. The van der Waals surface area contributed by atoms with Gasteiger partial charge in [0.2, 0.25) is 5.91 Å². The number of pyridine rings is 1. The Morgan fingerprint density at radius 2 is 1.76 bits per heavy atom. The van der Waals surface area contributed by atoms with Crippen LogP contribution in [0.3, 0.4) is 0 Å². The number of amides is 1. The average molecular weight is 404 g/mol. The van der Waals surface area contributed by atoms with E-state index in [1.54, 1.807) is 18.3 Å². The highest BCUT2D eigenvalue weighted by Gasteiger charge is 2.22. The number of hydrogen-bond acceptors (Lipinski definition) is 4. The maximum absolute atomic E-state index is 12.4. The van der Waals surface area contributed by atoms with Crippen LogP contribution in [0.5, 0.6) is 0 Å². The molecular weight excluding hydrogens is 383 g/mol. The number of nitrogens with zero attached hydrogens (tertiary/aromatic N) is 3. The number of rotatable bonds is 3. The van der Waals surface area contributed by atoms with Gasteiger partial charge < -0.3 is 15.5 Å². The Morgan fingerprint density at radius 1 is 1.08 bits per heavy atom. The molecule has 1 saturated heterocycles. The summed E-state index contributed by atoms with van der Waals surface area (Å²) in [5.41, 5.74) is 7.99. The molecule has 2 heterocycles. The Balaban J connectivity index is 0.00000156. The van der Waals surface area contributed by atoms with Gasteiger partial charge in [-0.05, 0) is 24.3 Å². The predicted octanol–water partition coefficient (Wildman–Crippen LogP) is 3.05. The van der Waals surface area contributed by atoms with Gasteiger partial charge in [-0.3, -0.25) is 9.78 Å². The summed E-state index contributed by atoms with van der Waals surface area (Å²) in [7, 11) is 0. The van der Waals surface area contributed by atoms with Gasteiger partial charge in [0.1, 0.15) is 0 Å². The number of hydrogen-bond donors (Lipinski definition) is 1. The Labute approximate surface area is 165 Å². The first-order valence-electron chi connectivity index (χ1n) is 7.61. The third kappa shape index (κ3) is 5.39. The zero-order valence-corrected chi connectivity index (χ0v) is 16.0. The van der Waals surface area contributed by atoms with Crippen molar-refractivity contribution in [3.8, 4) is 0 Å². The van der Waals surface area contributed by atoms with Gasteiger partial charge >= 0.3 is 0 Å². The Hall–Kier alpha value is -1.69. The first kappa shape index (κ1) is 21.4. The number of nitrogen functional groups attached to an aromatic ring is 1. The summed E-state index contributed by atoms with van der Waals surface area (Å²) >= 11 is 6.24. The van der Waals surface area contributed by atoms with E-state index in [9.17, 15) is 4.79 Å². The second kappa shape index (κ2) is 9.70. The van der Waals surface area contributed by atoms with Gasteiger partial charge in [-0.25, -0.2) is 0 Å². The van der Waals surface area contributed by atoms with Crippen LogP contribution >= 0.6 is 36.4 Å². The van der Waals surface area contributed by atoms with Crippen molar-refractivity contribution >= 4 is 53.7 Å². The predicted molar refractivity (Wildman–Crippen MR) is 107 cm³/mol. The number of piperazine rings is 1. The summed E-state index contributed by atoms with van der Waals surface area (Å²) in [6, 6.07) is 11.4. The Bertz CT molecular complexity index is 689. The van der Waals surface area contributed by atoms with Gasteiger partial charge in [-0.1, -0.05) is 23.7 Å². The molecule has 0 aliphatic carbocycles. The Morgan fingerprint density at radius 3 is 2.36 bits per heavy atom. The summed E-state index contributed by atoms with van der Waals surface area (Å²) in [6.07, 6.45) is 1.89. The molecule has 0 radical (unpaired) electrons. The molecule has 8 heteroatoms. The molecule has 0 unspecified atom stereocenters. The lowest BCUT2D eigenvalue weighted by atomic mass is 10.2. The number of aromatic nitrogens is 1. The lowest BCUT2D eigenvalue weighted by Crippen LogP contribution is -2.49. The van der Waals surface area contributed by atoms with Crippen LogP contribution < -0.4 is 10.6 Å². The van der Waals surface area contributed by atoms with E-state index in [-0.39, 0.29) is 30.7 Å². The highest BCUT2D eigenvalue weighted by Crippen LogP contribution is 2.26. The molecule has 2 N–H and O–H groups in total. The van der Waals surface area contributed by atoms with Crippen molar-refractivity contribution in [3.05, 3.63) is 53.3 Å². The molecule has 0 bridgehead atoms. The highest BCUT2D eigenvalue weighted by molar-refractivity contribution is 6.33. The van der Waals surface area contributed by atoms with Crippen molar-refractivity contribution in [2.24, 2.45) is 0 Å². The van der Waals surface area contributed by atoms with Gasteiger partial charge in [0.05, 0.1) is 29.0 Å². The molecule has 1 aliphatic rings. The first-order valence-corrected chi connectivity index (χ1v) is 7.99. The van der Waals surface area contributed by atoms with Crippen molar-refractivity contribution in [1.82, 2.24) is 9.88 Å². The molecule has 1 aliphatic heterocycles. The topological polar surface area (TPSA) is 62.5 Å². The second-order valence-electron chi connectivity index (χ2n) is 5.58. The van der Waals surface area contributed by atoms with Gasteiger partial charge in [-0.15, -0.1) is 24.8 Å². The van der Waals surface area contributed by atoms with E-state index in [4.69, 9.17) is 17.3 Å². The third-order valence-corrected chi connectivity index (χ3v) is 4.33. The third-order valence-electron chi connectivity index (χ3n) is 4.01.